The number of likely N-dealkylation sites (N-methyl/N-ethyl adjacent to an activating group) is 1. The van der Waals surface area contributed by atoms with Crippen LogP contribution in [0.2, 0.25) is 5.02 Å². The van der Waals surface area contributed by atoms with Crippen molar-refractivity contribution in [2.75, 3.05) is 47.4 Å². The Labute approximate surface area is 166 Å². The fourth-order valence-corrected chi connectivity index (χ4v) is 2.21. The minimum absolute atomic E-state index is 0. The van der Waals surface area contributed by atoms with Gasteiger partial charge < -0.3 is 20.3 Å². The van der Waals surface area contributed by atoms with Crippen molar-refractivity contribution in [3.05, 3.63) is 34.6 Å². The molecular formula is C16H27ClFIN4O. The molecule has 5 nitrogen and oxygen atoms in total. The highest BCUT2D eigenvalue weighted by Gasteiger charge is 2.03. The molecule has 1 rings (SSSR count). The summed E-state index contributed by atoms with van der Waals surface area (Å²) >= 11 is 5.77. The summed E-state index contributed by atoms with van der Waals surface area (Å²) in [5.41, 5.74) is 0.899. The van der Waals surface area contributed by atoms with Crippen molar-refractivity contribution in [2.45, 2.75) is 13.0 Å². The van der Waals surface area contributed by atoms with Crippen LogP contribution < -0.4 is 10.6 Å². The first-order valence-corrected chi connectivity index (χ1v) is 8.00. The van der Waals surface area contributed by atoms with Crippen LogP contribution in [0.5, 0.6) is 0 Å². The highest BCUT2D eigenvalue weighted by atomic mass is 127. The van der Waals surface area contributed by atoms with Crippen LogP contribution in [0.25, 0.3) is 0 Å². The summed E-state index contributed by atoms with van der Waals surface area (Å²) in [6.07, 6.45) is 1.02. The van der Waals surface area contributed by atoms with Gasteiger partial charge in [-0.15, -0.1) is 24.0 Å². The SMILES string of the molecule is CN=C(NCCN(C)CCCOC)NCc1ccc(F)c(Cl)c1.I. The average molecular weight is 473 g/mol. The predicted molar refractivity (Wildman–Crippen MR) is 109 cm³/mol. The third kappa shape index (κ3) is 9.61. The summed E-state index contributed by atoms with van der Waals surface area (Å²) in [5.74, 6) is 0.296. The molecule has 24 heavy (non-hydrogen) atoms. The van der Waals surface area contributed by atoms with Gasteiger partial charge in [0.25, 0.3) is 0 Å². The average Bonchev–Trinajstić information content (AvgIpc) is 2.54. The minimum atomic E-state index is -0.408. The maximum atomic E-state index is 13.1. The molecule has 0 aliphatic heterocycles. The van der Waals surface area contributed by atoms with Gasteiger partial charge >= 0.3 is 0 Å². The van der Waals surface area contributed by atoms with Crippen molar-refractivity contribution in [3.8, 4) is 0 Å². The van der Waals surface area contributed by atoms with Crippen LogP contribution in [-0.4, -0.2) is 58.3 Å². The summed E-state index contributed by atoms with van der Waals surface area (Å²) in [6.45, 7) is 4.00. The fraction of sp³-hybridized carbons (Fsp3) is 0.562. The zero-order chi connectivity index (χ0) is 17.1. The van der Waals surface area contributed by atoms with E-state index in [4.69, 9.17) is 16.3 Å². The van der Waals surface area contributed by atoms with E-state index in [-0.39, 0.29) is 29.0 Å². The number of rotatable bonds is 9. The molecule has 0 atom stereocenters. The lowest BCUT2D eigenvalue weighted by Gasteiger charge is -2.18. The maximum absolute atomic E-state index is 13.1. The first-order valence-electron chi connectivity index (χ1n) is 7.62. The highest BCUT2D eigenvalue weighted by Crippen LogP contribution is 2.15. The van der Waals surface area contributed by atoms with Gasteiger partial charge in [-0.1, -0.05) is 17.7 Å². The Balaban J connectivity index is 0.00000529. The van der Waals surface area contributed by atoms with Gasteiger partial charge in [-0.3, -0.25) is 4.99 Å². The summed E-state index contributed by atoms with van der Waals surface area (Å²) in [5, 5.41) is 6.55. The molecule has 0 aromatic heterocycles. The molecule has 1 aromatic rings. The molecule has 0 aliphatic carbocycles. The molecule has 8 heteroatoms. The Hall–Kier alpha value is -0.640. The van der Waals surface area contributed by atoms with Crippen molar-refractivity contribution >= 4 is 41.5 Å². The number of hydrogen-bond acceptors (Lipinski definition) is 3. The first-order chi connectivity index (χ1) is 11.1. The topological polar surface area (TPSA) is 48.9 Å². The van der Waals surface area contributed by atoms with E-state index in [0.717, 1.165) is 38.2 Å². The van der Waals surface area contributed by atoms with E-state index in [9.17, 15) is 4.39 Å². The van der Waals surface area contributed by atoms with Crippen molar-refractivity contribution in [1.29, 1.82) is 0 Å². The van der Waals surface area contributed by atoms with Crippen molar-refractivity contribution < 1.29 is 9.13 Å². The van der Waals surface area contributed by atoms with Gasteiger partial charge in [-0.25, -0.2) is 4.39 Å². The van der Waals surface area contributed by atoms with Gasteiger partial charge in [-0.2, -0.15) is 0 Å². The smallest absolute Gasteiger partial charge is 0.191 e. The number of ether oxygens (including phenoxy) is 1. The minimum Gasteiger partial charge on any atom is -0.385 e. The molecule has 0 aliphatic rings. The molecule has 0 radical (unpaired) electrons. The van der Waals surface area contributed by atoms with Crippen molar-refractivity contribution in [1.82, 2.24) is 15.5 Å². The number of aliphatic imine (C=N–C) groups is 1. The van der Waals surface area contributed by atoms with Crippen molar-refractivity contribution in [3.63, 3.8) is 0 Å². The number of guanidine groups is 1. The quantitative estimate of drug-likeness (QED) is 0.251. The van der Waals surface area contributed by atoms with Crippen LogP contribution >= 0.6 is 35.6 Å². The Morgan fingerprint density at radius 3 is 2.71 bits per heavy atom. The Morgan fingerprint density at radius 2 is 2.08 bits per heavy atom. The molecule has 0 spiro atoms. The van der Waals surface area contributed by atoms with Crippen LogP contribution in [0.15, 0.2) is 23.2 Å². The van der Waals surface area contributed by atoms with Crippen LogP contribution in [0.4, 0.5) is 4.39 Å². The summed E-state index contributed by atoms with van der Waals surface area (Å²) < 4.78 is 18.2. The largest absolute Gasteiger partial charge is 0.385 e. The monoisotopic (exact) mass is 472 g/mol. The Morgan fingerprint density at radius 1 is 1.33 bits per heavy atom. The molecule has 0 fully saturated rings. The second kappa shape index (κ2) is 13.6. The standard InChI is InChI=1S/C16H26ClFN4O.HI/c1-19-16(20-7-9-22(2)8-4-10-23-3)21-12-13-5-6-15(18)14(17)11-13;/h5-6,11H,4,7-10,12H2,1-3H3,(H2,19,20,21);1H. The van der Waals surface area contributed by atoms with Crippen molar-refractivity contribution in [2.24, 2.45) is 4.99 Å². The fourth-order valence-electron chi connectivity index (χ4n) is 2.01. The summed E-state index contributed by atoms with van der Waals surface area (Å²) in [6, 6.07) is 4.68. The maximum Gasteiger partial charge on any atom is 0.191 e. The zero-order valence-electron chi connectivity index (χ0n) is 14.4. The Kier molecular flexibility index (Phi) is 13.3. The van der Waals surface area contributed by atoms with Crippen LogP contribution in [0.3, 0.4) is 0 Å². The second-order valence-corrected chi connectivity index (χ2v) is 5.66. The number of hydrogen-bond donors (Lipinski definition) is 2. The van der Waals surface area contributed by atoms with E-state index in [1.54, 1.807) is 26.3 Å². The normalized spacial score (nSPS) is 11.3. The number of nitrogens with one attached hydrogen (secondary N) is 2. The van der Waals surface area contributed by atoms with E-state index in [0.29, 0.717) is 12.5 Å². The molecule has 0 heterocycles. The number of benzene rings is 1. The number of nitrogens with zero attached hydrogens (tertiary/aromatic N) is 2. The Bertz CT molecular complexity index is 505. The molecule has 1 aromatic carbocycles. The lowest BCUT2D eigenvalue weighted by Crippen LogP contribution is -2.40. The van der Waals surface area contributed by atoms with Gasteiger partial charge in [0.2, 0.25) is 0 Å². The summed E-state index contributed by atoms with van der Waals surface area (Å²) in [4.78, 5) is 6.40. The van der Waals surface area contributed by atoms with E-state index in [1.165, 1.54) is 6.07 Å². The molecule has 0 bridgehead atoms. The molecule has 0 amide bonds. The van der Waals surface area contributed by atoms with E-state index < -0.39 is 5.82 Å². The van der Waals surface area contributed by atoms with E-state index in [1.807, 2.05) is 0 Å². The van der Waals surface area contributed by atoms with Crippen LogP contribution in [-0.2, 0) is 11.3 Å². The first kappa shape index (κ1) is 23.4. The lowest BCUT2D eigenvalue weighted by molar-refractivity contribution is 0.180. The summed E-state index contributed by atoms with van der Waals surface area (Å²) in [7, 11) is 5.51. The van der Waals surface area contributed by atoms with Gasteiger partial charge in [-0.05, 0) is 31.2 Å². The number of halogens is 3. The van der Waals surface area contributed by atoms with Gasteiger partial charge in [0.1, 0.15) is 5.82 Å². The van der Waals surface area contributed by atoms with Gasteiger partial charge in [0, 0.05) is 46.9 Å². The number of methoxy groups -OCH3 is 1. The van der Waals surface area contributed by atoms with Gasteiger partial charge in [0.05, 0.1) is 5.02 Å². The molecule has 0 saturated heterocycles. The van der Waals surface area contributed by atoms with Crippen LogP contribution in [0, 0.1) is 5.82 Å². The zero-order valence-corrected chi connectivity index (χ0v) is 17.5. The third-order valence-corrected chi connectivity index (χ3v) is 3.63. The molecule has 0 unspecified atom stereocenters. The third-order valence-electron chi connectivity index (χ3n) is 3.34. The lowest BCUT2D eigenvalue weighted by atomic mass is 10.2. The molecule has 0 saturated carbocycles. The molecule has 2 N–H and O–H groups in total. The van der Waals surface area contributed by atoms with E-state index >= 15 is 0 Å². The predicted octanol–water partition coefficient (Wildman–Crippen LogP) is 2.73. The molecule has 138 valence electrons. The van der Waals surface area contributed by atoms with Gasteiger partial charge in [0.15, 0.2) is 5.96 Å². The van der Waals surface area contributed by atoms with Crippen LogP contribution in [0.1, 0.15) is 12.0 Å². The van der Waals surface area contributed by atoms with E-state index in [2.05, 4.69) is 27.6 Å². The highest BCUT2D eigenvalue weighted by molar-refractivity contribution is 14.0. The molecular weight excluding hydrogens is 446 g/mol. The second-order valence-electron chi connectivity index (χ2n) is 5.25.